The average molecular weight is 400 g/mol. The van der Waals surface area contributed by atoms with Gasteiger partial charge in [-0.05, 0) is 50.9 Å². The van der Waals surface area contributed by atoms with Gasteiger partial charge in [0.25, 0.3) is 0 Å². The summed E-state index contributed by atoms with van der Waals surface area (Å²) in [6.07, 6.45) is 5.00. The number of aromatic nitrogens is 1. The molecule has 2 N–H and O–H groups in total. The van der Waals surface area contributed by atoms with Crippen molar-refractivity contribution in [3.05, 3.63) is 51.0 Å². The lowest BCUT2D eigenvalue weighted by molar-refractivity contribution is 0.221. The maximum Gasteiger partial charge on any atom is 0.191 e. The summed E-state index contributed by atoms with van der Waals surface area (Å²) >= 11 is 1.78. The Morgan fingerprint density at radius 1 is 1.07 bits per heavy atom. The molecule has 1 aliphatic rings. The Bertz CT molecular complexity index is 740. The van der Waals surface area contributed by atoms with Crippen LogP contribution in [0, 0.1) is 13.8 Å². The monoisotopic (exact) mass is 399 g/mol. The van der Waals surface area contributed by atoms with Gasteiger partial charge < -0.3 is 10.6 Å². The highest BCUT2D eigenvalue weighted by Gasteiger charge is 2.10. The highest BCUT2D eigenvalue weighted by molar-refractivity contribution is 7.11. The molecule has 152 valence electrons. The molecular formula is C22H33N5S. The largest absolute Gasteiger partial charge is 0.356 e. The average Bonchev–Trinajstić information content (AvgIpc) is 3.04. The summed E-state index contributed by atoms with van der Waals surface area (Å²) in [7, 11) is 1.81. The van der Waals surface area contributed by atoms with Crippen LogP contribution in [0.15, 0.2) is 29.3 Å². The summed E-state index contributed by atoms with van der Waals surface area (Å²) < 4.78 is 0. The minimum Gasteiger partial charge on any atom is -0.356 e. The predicted octanol–water partition coefficient (Wildman–Crippen LogP) is 3.65. The third-order valence-corrected chi connectivity index (χ3v) is 6.40. The zero-order valence-corrected chi connectivity index (χ0v) is 18.2. The van der Waals surface area contributed by atoms with Gasteiger partial charge in [-0.15, -0.1) is 11.3 Å². The molecule has 6 heteroatoms. The van der Waals surface area contributed by atoms with Crippen LogP contribution in [0.25, 0.3) is 0 Å². The fourth-order valence-electron chi connectivity index (χ4n) is 3.48. The van der Waals surface area contributed by atoms with Gasteiger partial charge >= 0.3 is 0 Å². The van der Waals surface area contributed by atoms with Crippen molar-refractivity contribution in [3.8, 4) is 0 Å². The Balaban J connectivity index is 1.40. The lowest BCUT2D eigenvalue weighted by Gasteiger charge is -2.26. The van der Waals surface area contributed by atoms with Crippen LogP contribution in [0.1, 0.15) is 46.0 Å². The predicted molar refractivity (Wildman–Crippen MR) is 119 cm³/mol. The first-order valence-corrected chi connectivity index (χ1v) is 11.1. The molecular weight excluding hydrogens is 366 g/mol. The van der Waals surface area contributed by atoms with E-state index in [9.17, 15) is 0 Å². The van der Waals surface area contributed by atoms with Gasteiger partial charge in [0.05, 0.1) is 10.7 Å². The van der Waals surface area contributed by atoms with E-state index in [1.165, 1.54) is 53.4 Å². The second kappa shape index (κ2) is 10.6. The smallest absolute Gasteiger partial charge is 0.191 e. The van der Waals surface area contributed by atoms with E-state index in [-0.39, 0.29) is 0 Å². The molecule has 0 unspecified atom stereocenters. The molecule has 2 heterocycles. The molecule has 0 saturated carbocycles. The number of rotatable bonds is 7. The maximum atomic E-state index is 4.59. The molecule has 5 nitrogen and oxygen atoms in total. The van der Waals surface area contributed by atoms with Crippen molar-refractivity contribution < 1.29 is 0 Å². The summed E-state index contributed by atoms with van der Waals surface area (Å²) in [5.74, 6) is 0.836. The SMILES string of the molecule is CN=C(NCCc1nc(C)c(C)s1)NCc1ccc(CN2CCCCC2)cc1. The quantitative estimate of drug-likeness (QED) is 0.551. The molecule has 1 aliphatic heterocycles. The van der Waals surface area contributed by atoms with E-state index in [1.807, 2.05) is 7.05 Å². The van der Waals surface area contributed by atoms with Gasteiger partial charge in [-0.25, -0.2) is 4.98 Å². The molecule has 0 aliphatic carbocycles. The van der Waals surface area contributed by atoms with Gasteiger partial charge in [0.15, 0.2) is 5.96 Å². The Labute approximate surface area is 173 Å². The summed E-state index contributed by atoms with van der Waals surface area (Å²) in [6.45, 7) is 9.37. The molecule has 0 bridgehead atoms. The van der Waals surface area contributed by atoms with Crippen LogP contribution >= 0.6 is 11.3 Å². The third kappa shape index (κ3) is 6.31. The summed E-state index contributed by atoms with van der Waals surface area (Å²) in [5.41, 5.74) is 3.82. The van der Waals surface area contributed by atoms with E-state index in [0.29, 0.717) is 0 Å². The summed E-state index contributed by atoms with van der Waals surface area (Å²) in [4.78, 5) is 12.8. The van der Waals surface area contributed by atoms with Gasteiger partial charge in [-0.3, -0.25) is 9.89 Å². The number of aliphatic imine (C=N–C) groups is 1. The van der Waals surface area contributed by atoms with Gasteiger partial charge in [-0.2, -0.15) is 0 Å². The maximum absolute atomic E-state index is 4.59. The Morgan fingerprint density at radius 2 is 1.79 bits per heavy atom. The number of piperidine rings is 1. The van der Waals surface area contributed by atoms with Gasteiger partial charge in [-0.1, -0.05) is 30.7 Å². The van der Waals surface area contributed by atoms with Crippen LogP contribution in [0.5, 0.6) is 0 Å². The van der Waals surface area contributed by atoms with Crippen LogP contribution in [-0.2, 0) is 19.5 Å². The molecule has 1 saturated heterocycles. The first-order chi connectivity index (χ1) is 13.6. The number of guanidine groups is 1. The van der Waals surface area contributed by atoms with Crippen molar-refractivity contribution in [1.82, 2.24) is 20.5 Å². The molecule has 0 radical (unpaired) electrons. The number of hydrogen-bond donors (Lipinski definition) is 2. The molecule has 28 heavy (non-hydrogen) atoms. The normalized spacial score (nSPS) is 15.6. The Kier molecular flexibility index (Phi) is 7.86. The van der Waals surface area contributed by atoms with E-state index in [1.54, 1.807) is 11.3 Å². The number of aryl methyl sites for hydroxylation is 2. The van der Waals surface area contributed by atoms with Crippen molar-refractivity contribution >= 4 is 17.3 Å². The van der Waals surface area contributed by atoms with Crippen LogP contribution in [0.2, 0.25) is 0 Å². The Morgan fingerprint density at radius 3 is 2.43 bits per heavy atom. The highest BCUT2D eigenvalue weighted by Crippen LogP contribution is 2.16. The number of likely N-dealkylation sites (tertiary alicyclic amines) is 1. The number of nitrogens with one attached hydrogen (secondary N) is 2. The van der Waals surface area contributed by atoms with Gasteiger partial charge in [0.2, 0.25) is 0 Å². The van der Waals surface area contributed by atoms with Crippen LogP contribution in [-0.4, -0.2) is 42.5 Å². The number of nitrogens with zero attached hydrogens (tertiary/aromatic N) is 3. The van der Waals surface area contributed by atoms with Crippen molar-refractivity contribution in [2.45, 2.75) is 52.6 Å². The Hall–Kier alpha value is -1.92. The number of thiazole rings is 1. The first kappa shape index (κ1) is 20.8. The zero-order chi connectivity index (χ0) is 19.8. The molecule has 1 fully saturated rings. The fourth-order valence-corrected chi connectivity index (χ4v) is 4.41. The second-order valence-corrected chi connectivity index (χ2v) is 8.79. The van der Waals surface area contributed by atoms with Gasteiger partial charge in [0, 0.05) is 38.0 Å². The van der Waals surface area contributed by atoms with Crippen molar-refractivity contribution in [1.29, 1.82) is 0 Å². The third-order valence-electron chi connectivity index (χ3n) is 5.27. The standard InChI is InChI=1S/C22H33N5S/c1-17-18(2)28-21(26-17)11-12-24-22(23-3)25-15-19-7-9-20(10-8-19)16-27-13-5-4-6-14-27/h7-10H,4-6,11-16H2,1-3H3,(H2,23,24,25). The molecule has 0 amide bonds. The molecule has 0 spiro atoms. The van der Waals surface area contributed by atoms with E-state index in [4.69, 9.17) is 0 Å². The molecule has 0 atom stereocenters. The lowest BCUT2D eigenvalue weighted by atomic mass is 10.1. The summed E-state index contributed by atoms with van der Waals surface area (Å²) in [6, 6.07) is 8.96. The van der Waals surface area contributed by atoms with Crippen LogP contribution < -0.4 is 10.6 Å². The van der Waals surface area contributed by atoms with E-state index in [0.717, 1.165) is 37.7 Å². The fraction of sp³-hybridized carbons (Fsp3) is 0.545. The first-order valence-electron chi connectivity index (χ1n) is 10.3. The number of hydrogen-bond acceptors (Lipinski definition) is 4. The van der Waals surface area contributed by atoms with Crippen molar-refractivity contribution in [2.75, 3.05) is 26.7 Å². The molecule has 3 rings (SSSR count). The zero-order valence-electron chi connectivity index (χ0n) is 17.4. The molecule has 1 aromatic carbocycles. The molecule has 1 aromatic heterocycles. The van der Waals surface area contributed by atoms with E-state index in [2.05, 4.69) is 63.6 Å². The highest BCUT2D eigenvalue weighted by atomic mass is 32.1. The lowest BCUT2D eigenvalue weighted by Crippen LogP contribution is -2.37. The summed E-state index contributed by atoms with van der Waals surface area (Å²) in [5, 5.41) is 7.96. The van der Waals surface area contributed by atoms with Gasteiger partial charge in [0.1, 0.15) is 0 Å². The topological polar surface area (TPSA) is 52.6 Å². The van der Waals surface area contributed by atoms with Crippen LogP contribution in [0.4, 0.5) is 0 Å². The second-order valence-electron chi connectivity index (χ2n) is 7.51. The van der Waals surface area contributed by atoms with Crippen LogP contribution in [0.3, 0.4) is 0 Å². The van der Waals surface area contributed by atoms with Crippen molar-refractivity contribution in [2.24, 2.45) is 4.99 Å². The van der Waals surface area contributed by atoms with Crippen molar-refractivity contribution in [3.63, 3.8) is 0 Å². The van der Waals surface area contributed by atoms with E-state index < -0.39 is 0 Å². The minimum atomic E-state index is 0.777. The minimum absolute atomic E-state index is 0.777. The molecule has 2 aromatic rings. The number of benzene rings is 1. The van der Waals surface area contributed by atoms with E-state index >= 15 is 0 Å².